The molecule has 0 radical (unpaired) electrons. The first-order valence-electron chi connectivity index (χ1n) is 20.3. The highest BCUT2D eigenvalue weighted by Gasteiger charge is 2.18. The van der Waals surface area contributed by atoms with Crippen molar-refractivity contribution in [3.63, 3.8) is 0 Å². The number of aromatic nitrogens is 3. The minimum Gasteiger partial charge on any atom is -0.311 e. The van der Waals surface area contributed by atoms with E-state index in [4.69, 9.17) is 9.97 Å². The molecule has 0 bridgehead atoms. The molecule has 11 aromatic rings. The second kappa shape index (κ2) is 15.0. The van der Waals surface area contributed by atoms with Gasteiger partial charge in [-0.25, -0.2) is 9.97 Å². The number of hydrogen-bond acceptors (Lipinski definition) is 3. The molecule has 0 aliphatic heterocycles. The van der Waals surface area contributed by atoms with E-state index in [-0.39, 0.29) is 0 Å². The normalized spacial score (nSPS) is 11.3. The monoisotopic (exact) mass is 766 g/mol. The van der Waals surface area contributed by atoms with E-state index >= 15 is 0 Å². The second-order valence-corrected chi connectivity index (χ2v) is 15.0. The third kappa shape index (κ3) is 6.37. The van der Waals surface area contributed by atoms with Crippen LogP contribution in [0.4, 0.5) is 17.1 Å². The highest BCUT2D eigenvalue weighted by atomic mass is 15.1. The zero-order chi connectivity index (χ0) is 39.8. The van der Waals surface area contributed by atoms with Gasteiger partial charge in [0.15, 0.2) is 0 Å². The van der Waals surface area contributed by atoms with Gasteiger partial charge in [-0.15, -0.1) is 0 Å². The van der Waals surface area contributed by atoms with Crippen molar-refractivity contribution in [2.45, 2.75) is 0 Å². The van der Waals surface area contributed by atoms with Gasteiger partial charge in [-0.2, -0.15) is 0 Å². The Balaban J connectivity index is 0.941. The molecule has 11 rings (SSSR count). The molecule has 4 nitrogen and oxygen atoms in total. The molecule has 0 unspecified atom stereocenters. The van der Waals surface area contributed by atoms with Gasteiger partial charge in [0.1, 0.15) is 0 Å². The first kappa shape index (κ1) is 35.1. The maximum Gasteiger partial charge on any atom is 0.0973 e. The van der Waals surface area contributed by atoms with Crippen LogP contribution in [0.5, 0.6) is 0 Å². The Morgan fingerprint density at radius 1 is 0.300 bits per heavy atom. The molecule has 0 saturated heterocycles. The molecule has 0 spiro atoms. The number of rotatable bonds is 8. The fraction of sp³-hybridized carbons (Fsp3) is 0. The van der Waals surface area contributed by atoms with Gasteiger partial charge in [0.2, 0.25) is 0 Å². The highest BCUT2D eigenvalue weighted by molar-refractivity contribution is 6.10. The van der Waals surface area contributed by atoms with Crippen molar-refractivity contribution in [2.24, 2.45) is 0 Å². The minimum absolute atomic E-state index is 0.864. The molecule has 0 aliphatic carbocycles. The van der Waals surface area contributed by atoms with E-state index in [2.05, 4.69) is 198 Å². The average Bonchev–Trinajstić information content (AvgIpc) is 3.66. The summed E-state index contributed by atoms with van der Waals surface area (Å²) in [5, 5.41) is 2.47. The summed E-state index contributed by atoms with van der Waals surface area (Å²) in [6.45, 7) is 0. The maximum atomic E-state index is 5.14. The van der Waals surface area contributed by atoms with Crippen LogP contribution in [0.3, 0.4) is 0 Å². The average molecular weight is 767 g/mol. The Kier molecular flexibility index (Phi) is 8.79. The lowest BCUT2D eigenvalue weighted by molar-refractivity contribution is 1.18. The van der Waals surface area contributed by atoms with E-state index in [1.54, 1.807) is 0 Å². The lowest BCUT2D eigenvalue weighted by Crippen LogP contribution is -2.09. The van der Waals surface area contributed by atoms with Crippen LogP contribution in [-0.2, 0) is 0 Å². The van der Waals surface area contributed by atoms with Crippen molar-refractivity contribution in [2.75, 3.05) is 4.90 Å². The molecule has 60 heavy (non-hydrogen) atoms. The number of benzene rings is 9. The summed E-state index contributed by atoms with van der Waals surface area (Å²) in [6.07, 6.45) is 0. The first-order valence-corrected chi connectivity index (χ1v) is 20.3. The molecule has 4 heteroatoms. The number of anilines is 3. The Hall–Kier alpha value is -8.08. The molecule has 0 amide bonds. The van der Waals surface area contributed by atoms with Crippen LogP contribution in [0.1, 0.15) is 0 Å². The smallest absolute Gasteiger partial charge is 0.0973 e. The zero-order valence-corrected chi connectivity index (χ0v) is 32.7. The number of hydrogen-bond donors (Lipinski definition) is 0. The van der Waals surface area contributed by atoms with Gasteiger partial charge in [0.25, 0.3) is 0 Å². The van der Waals surface area contributed by atoms with Crippen molar-refractivity contribution < 1.29 is 0 Å². The van der Waals surface area contributed by atoms with Crippen molar-refractivity contribution >= 4 is 49.9 Å². The third-order valence-electron chi connectivity index (χ3n) is 11.4. The quantitative estimate of drug-likeness (QED) is 0.154. The van der Waals surface area contributed by atoms with Crippen LogP contribution < -0.4 is 4.90 Å². The van der Waals surface area contributed by atoms with E-state index in [1.165, 1.54) is 38.5 Å². The molecule has 0 aliphatic rings. The van der Waals surface area contributed by atoms with Gasteiger partial charge in [-0.05, 0) is 101 Å². The highest BCUT2D eigenvalue weighted by Crippen LogP contribution is 2.40. The molecule has 0 saturated carbocycles. The van der Waals surface area contributed by atoms with Crippen molar-refractivity contribution in [1.82, 2.24) is 14.5 Å². The summed E-state index contributed by atoms with van der Waals surface area (Å²) in [5.74, 6) is 0. The molecular weight excluding hydrogens is 729 g/mol. The SMILES string of the molecule is c1ccc(-c2ccc(-n3c4ccccc4c4cc(-c5ccc(N(c6ccccc6)c6ccc(-c7nc8ccccc8nc7-c7ccccc7)cc6)cc5)ccc43)cc2)cc1. The Morgan fingerprint density at radius 3 is 1.35 bits per heavy atom. The standard InChI is InChI=1S/C56H38N4/c1-4-14-39(15-5-1)40-24-33-48(34-25-40)60-53-23-13-10-20-49(53)50-38-44(30-37-54(50)60)41-26-31-46(32-27-41)59(45-18-8-3-9-19-45)47-35-28-43(29-36-47)56-55(42-16-6-2-7-17-42)57-51-21-11-12-22-52(51)58-56/h1-38H. The maximum absolute atomic E-state index is 5.14. The van der Waals surface area contributed by atoms with E-state index in [9.17, 15) is 0 Å². The van der Waals surface area contributed by atoms with Crippen LogP contribution >= 0.6 is 0 Å². The van der Waals surface area contributed by atoms with Crippen LogP contribution in [0.25, 0.3) is 83.3 Å². The van der Waals surface area contributed by atoms with Crippen molar-refractivity contribution in [1.29, 1.82) is 0 Å². The Labute approximate surface area is 348 Å². The molecule has 9 aromatic carbocycles. The molecular formula is C56H38N4. The van der Waals surface area contributed by atoms with Gasteiger partial charge in [0.05, 0.1) is 33.5 Å². The summed E-state index contributed by atoms with van der Waals surface area (Å²) in [6, 6.07) is 81.6. The van der Waals surface area contributed by atoms with Crippen molar-refractivity contribution in [3.8, 4) is 50.5 Å². The van der Waals surface area contributed by atoms with Gasteiger partial charge in [-0.3, -0.25) is 0 Å². The summed E-state index contributed by atoms with van der Waals surface area (Å²) in [7, 11) is 0. The summed E-state index contributed by atoms with van der Waals surface area (Å²) in [5.41, 5.74) is 17.1. The van der Waals surface area contributed by atoms with E-state index in [0.29, 0.717) is 0 Å². The third-order valence-corrected chi connectivity index (χ3v) is 11.4. The number of nitrogens with zero attached hydrogens (tertiary/aromatic N) is 4. The zero-order valence-electron chi connectivity index (χ0n) is 32.7. The molecule has 2 heterocycles. The Bertz CT molecular complexity index is 3270. The fourth-order valence-corrected chi connectivity index (χ4v) is 8.46. The van der Waals surface area contributed by atoms with Gasteiger partial charge >= 0.3 is 0 Å². The topological polar surface area (TPSA) is 34.0 Å². The van der Waals surface area contributed by atoms with Crippen LogP contribution in [0.15, 0.2) is 231 Å². The van der Waals surface area contributed by atoms with Gasteiger partial charge in [0, 0.05) is 44.6 Å². The largest absolute Gasteiger partial charge is 0.311 e. The van der Waals surface area contributed by atoms with Crippen LogP contribution in [0, 0.1) is 0 Å². The summed E-state index contributed by atoms with van der Waals surface area (Å²) < 4.78 is 2.38. The van der Waals surface area contributed by atoms with Gasteiger partial charge < -0.3 is 9.47 Å². The second-order valence-electron chi connectivity index (χ2n) is 15.0. The van der Waals surface area contributed by atoms with Gasteiger partial charge in [-0.1, -0.05) is 152 Å². The van der Waals surface area contributed by atoms with E-state index in [0.717, 1.165) is 61.9 Å². The summed E-state index contributed by atoms with van der Waals surface area (Å²) in [4.78, 5) is 12.5. The minimum atomic E-state index is 0.864. The predicted molar refractivity (Wildman–Crippen MR) is 250 cm³/mol. The molecule has 0 N–H and O–H groups in total. The Morgan fingerprint density at radius 2 is 0.717 bits per heavy atom. The summed E-state index contributed by atoms with van der Waals surface area (Å²) >= 11 is 0. The lowest BCUT2D eigenvalue weighted by Gasteiger charge is -2.26. The van der Waals surface area contributed by atoms with Crippen LogP contribution in [0.2, 0.25) is 0 Å². The van der Waals surface area contributed by atoms with Crippen LogP contribution in [-0.4, -0.2) is 14.5 Å². The predicted octanol–water partition coefficient (Wildman–Crippen LogP) is 14.9. The first-order chi connectivity index (χ1) is 29.7. The fourth-order valence-electron chi connectivity index (χ4n) is 8.46. The molecule has 282 valence electrons. The van der Waals surface area contributed by atoms with E-state index < -0.39 is 0 Å². The molecule has 0 fully saturated rings. The van der Waals surface area contributed by atoms with E-state index in [1.807, 2.05) is 42.5 Å². The molecule has 2 aromatic heterocycles. The molecule has 0 atom stereocenters. The number of para-hydroxylation sites is 4. The number of fused-ring (bicyclic) bond motifs is 4. The lowest BCUT2D eigenvalue weighted by atomic mass is 10.0. The van der Waals surface area contributed by atoms with Crippen molar-refractivity contribution in [3.05, 3.63) is 231 Å².